The van der Waals surface area contributed by atoms with Gasteiger partial charge in [-0.25, -0.2) is 0 Å². The van der Waals surface area contributed by atoms with Crippen LogP contribution >= 0.6 is 0 Å². The molecule has 1 amide bonds. The molecular weight excluding hydrogens is 300 g/mol. The number of carbonyl (C=O) groups is 1. The zero-order valence-corrected chi connectivity index (χ0v) is 15.0. The number of nitrogens with zero attached hydrogens (tertiary/aromatic N) is 2. The van der Waals surface area contributed by atoms with E-state index in [1.807, 2.05) is 0 Å². The Hall–Kier alpha value is -1.29. The number of carbonyl (C=O) groups excluding carboxylic acids is 1. The molecule has 0 spiro atoms. The number of aryl methyl sites for hydroxylation is 1. The molecule has 4 nitrogen and oxygen atoms in total. The van der Waals surface area contributed by atoms with Crippen molar-refractivity contribution in [1.29, 1.82) is 0 Å². The summed E-state index contributed by atoms with van der Waals surface area (Å²) < 4.78 is 5.96. The standard InChI is InChI=1S/C20H30N2O2/c1-14-13-16(14)19-9-7-15(24-19)8-10-20(23)22-12-4-6-18(22)17-5-3-11-21(17)2/h7,9,14,16-18H,3-6,8,10-13H2,1-2H3. The van der Waals surface area contributed by atoms with Gasteiger partial charge >= 0.3 is 0 Å². The minimum atomic E-state index is 0.315. The molecule has 1 aromatic heterocycles. The van der Waals surface area contributed by atoms with Gasteiger partial charge in [-0.05, 0) is 63.7 Å². The number of hydrogen-bond acceptors (Lipinski definition) is 3. The lowest BCUT2D eigenvalue weighted by Crippen LogP contribution is -2.47. The molecule has 4 rings (SSSR count). The predicted molar refractivity (Wildman–Crippen MR) is 93.9 cm³/mol. The molecule has 3 aliphatic rings. The van der Waals surface area contributed by atoms with Crippen LogP contribution in [-0.2, 0) is 11.2 Å². The Bertz CT molecular complexity index is 596. The second kappa shape index (κ2) is 6.55. The van der Waals surface area contributed by atoms with Gasteiger partial charge in [0.2, 0.25) is 5.91 Å². The summed E-state index contributed by atoms with van der Waals surface area (Å²) in [4.78, 5) is 17.4. The summed E-state index contributed by atoms with van der Waals surface area (Å²) in [5.74, 6) is 3.80. The highest BCUT2D eigenvalue weighted by atomic mass is 16.3. The van der Waals surface area contributed by atoms with Crippen molar-refractivity contribution < 1.29 is 9.21 Å². The van der Waals surface area contributed by atoms with Crippen LogP contribution < -0.4 is 0 Å². The second-order valence-corrected chi connectivity index (χ2v) is 8.11. The van der Waals surface area contributed by atoms with Crippen LogP contribution in [0.15, 0.2) is 16.5 Å². The molecule has 0 radical (unpaired) electrons. The molecule has 1 aromatic rings. The van der Waals surface area contributed by atoms with E-state index in [-0.39, 0.29) is 0 Å². The van der Waals surface area contributed by atoms with Gasteiger partial charge in [0, 0.05) is 37.4 Å². The topological polar surface area (TPSA) is 36.7 Å². The molecule has 4 heteroatoms. The fourth-order valence-electron chi connectivity index (χ4n) is 4.74. The molecule has 3 heterocycles. The summed E-state index contributed by atoms with van der Waals surface area (Å²) in [5, 5.41) is 0. The Morgan fingerprint density at radius 1 is 1.21 bits per heavy atom. The van der Waals surface area contributed by atoms with E-state index in [2.05, 4.69) is 35.9 Å². The van der Waals surface area contributed by atoms with Gasteiger partial charge in [-0.15, -0.1) is 0 Å². The summed E-state index contributed by atoms with van der Waals surface area (Å²) in [5.41, 5.74) is 0. The Morgan fingerprint density at radius 2 is 1.96 bits per heavy atom. The Balaban J connectivity index is 1.32. The minimum Gasteiger partial charge on any atom is -0.466 e. The van der Waals surface area contributed by atoms with E-state index in [1.165, 1.54) is 32.2 Å². The zero-order chi connectivity index (χ0) is 16.7. The molecule has 4 unspecified atom stereocenters. The highest BCUT2D eigenvalue weighted by molar-refractivity contribution is 5.77. The van der Waals surface area contributed by atoms with Crippen LogP contribution in [0.1, 0.15) is 62.9 Å². The molecule has 24 heavy (non-hydrogen) atoms. The Morgan fingerprint density at radius 3 is 2.67 bits per heavy atom. The maximum atomic E-state index is 12.8. The quantitative estimate of drug-likeness (QED) is 0.830. The van der Waals surface area contributed by atoms with Crippen LogP contribution in [0.5, 0.6) is 0 Å². The first-order chi connectivity index (χ1) is 11.6. The molecule has 0 bridgehead atoms. The van der Waals surface area contributed by atoms with Crippen LogP contribution in [0.2, 0.25) is 0 Å². The number of furan rings is 1. The first kappa shape index (κ1) is 16.2. The zero-order valence-electron chi connectivity index (χ0n) is 15.0. The SMILES string of the molecule is CC1CC1c1ccc(CCC(=O)N2CCCC2C2CCCN2C)o1. The molecule has 0 aromatic carbocycles. The fraction of sp³-hybridized carbons (Fsp3) is 0.750. The van der Waals surface area contributed by atoms with Crippen LogP contribution in [0.25, 0.3) is 0 Å². The summed E-state index contributed by atoms with van der Waals surface area (Å²) in [6.45, 7) is 4.39. The average Bonchev–Trinajstić information content (AvgIpc) is 3.02. The van der Waals surface area contributed by atoms with E-state index in [0.29, 0.717) is 30.3 Å². The van der Waals surface area contributed by atoms with Crippen LogP contribution in [-0.4, -0.2) is 47.9 Å². The number of likely N-dealkylation sites (N-methyl/N-ethyl adjacent to an activating group) is 1. The summed E-state index contributed by atoms with van der Waals surface area (Å²) in [7, 11) is 2.21. The molecule has 2 aliphatic heterocycles. The average molecular weight is 330 g/mol. The van der Waals surface area contributed by atoms with Gasteiger partial charge in [0.05, 0.1) is 0 Å². The number of rotatable bonds is 5. The lowest BCUT2D eigenvalue weighted by molar-refractivity contribution is -0.133. The van der Waals surface area contributed by atoms with Gasteiger partial charge in [-0.3, -0.25) is 4.79 Å². The third-order valence-corrected chi connectivity index (χ3v) is 6.38. The molecular formula is C20H30N2O2. The predicted octanol–water partition coefficient (Wildman–Crippen LogP) is 3.42. The molecule has 3 fully saturated rings. The fourth-order valence-corrected chi connectivity index (χ4v) is 4.74. The summed E-state index contributed by atoms with van der Waals surface area (Å²) >= 11 is 0. The maximum Gasteiger partial charge on any atom is 0.223 e. The van der Waals surface area contributed by atoms with Crippen molar-refractivity contribution >= 4 is 5.91 Å². The smallest absolute Gasteiger partial charge is 0.223 e. The van der Waals surface area contributed by atoms with Gasteiger partial charge in [-0.1, -0.05) is 6.92 Å². The van der Waals surface area contributed by atoms with Gasteiger partial charge < -0.3 is 14.2 Å². The largest absolute Gasteiger partial charge is 0.466 e. The number of likely N-dealkylation sites (tertiary alicyclic amines) is 2. The molecule has 1 aliphatic carbocycles. The number of hydrogen-bond donors (Lipinski definition) is 0. The number of amides is 1. The maximum absolute atomic E-state index is 12.8. The highest BCUT2D eigenvalue weighted by Crippen LogP contribution is 2.47. The monoisotopic (exact) mass is 330 g/mol. The lowest BCUT2D eigenvalue weighted by atomic mass is 10.0. The van der Waals surface area contributed by atoms with Gasteiger partial charge in [-0.2, -0.15) is 0 Å². The molecule has 132 valence electrons. The van der Waals surface area contributed by atoms with Crippen LogP contribution in [0.3, 0.4) is 0 Å². The minimum absolute atomic E-state index is 0.315. The van der Waals surface area contributed by atoms with Crippen molar-refractivity contribution in [3.8, 4) is 0 Å². The van der Waals surface area contributed by atoms with E-state index < -0.39 is 0 Å². The van der Waals surface area contributed by atoms with E-state index in [9.17, 15) is 4.79 Å². The Labute approximate surface area is 145 Å². The summed E-state index contributed by atoms with van der Waals surface area (Å²) in [6, 6.07) is 5.19. The van der Waals surface area contributed by atoms with Crippen LogP contribution in [0.4, 0.5) is 0 Å². The van der Waals surface area contributed by atoms with Gasteiger partial charge in [0.15, 0.2) is 0 Å². The van der Waals surface area contributed by atoms with Crippen molar-refractivity contribution in [1.82, 2.24) is 9.80 Å². The molecule has 4 atom stereocenters. The highest BCUT2D eigenvalue weighted by Gasteiger charge is 2.38. The first-order valence-corrected chi connectivity index (χ1v) is 9.72. The molecule has 2 saturated heterocycles. The van der Waals surface area contributed by atoms with Crippen LogP contribution in [0, 0.1) is 5.92 Å². The normalized spacial score (nSPS) is 33.3. The van der Waals surface area contributed by atoms with E-state index in [1.54, 1.807) is 0 Å². The third-order valence-electron chi connectivity index (χ3n) is 6.38. The van der Waals surface area contributed by atoms with E-state index in [4.69, 9.17) is 4.42 Å². The molecule has 1 saturated carbocycles. The lowest BCUT2D eigenvalue weighted by Gasteiger charge is -2.33. The summed E-state index contributed by atoms with van der Waals surface area (Å²) in [6.07, 6.45) is 7.41. The van der Waals surface area contributed by atoms with Crippen molar-refractivity contribution in [3.63, 3.8) is 0 Å². The third kappa shape index (κ3) is 3.13. The van der Waals surface area contributed by atoms with Gasteiger partial charge in [0.1, 0.15) is 11.5 Å². The van der Waals surface area contributed by atoms with Crippen molar-refractivity contribution in [2.45, 2.75) is 69.9 Å². The Kier molecular flexibility index (Phi) is 4.42. The van der Waals surface area contributed by atoms with Gasteiger partial charge in [0.25, 0.3) is 0 Å². The van der Waals surface area contributed by atoms with Crippen molar-refractivity contribution in [2.75, 3.05) is 20.1 Å². The van der Waals surface area contributed by atoms with E-state index in [0.717, 1.165) is 36.8 Å². The van der Waals surface area contributed by atoms with Crippen molar-refractivity contribution in [2.24, 2.45) is 5.92 Å². The van der Waals surface area contributed by atoms with Crippen molar-refractivity contribution in [3.05, 3.63) is 23.7 Å². The molecule has 0 N–H and O–H groups in total. The first-order valence-electron chi connectivity index (χ1n) is 9.72. The second-order valence-electron chi connectivity index (χ2n) is 8.11. The van der Waals surface area contributed by atoms with E-state index >= 15 is 0 Å².